The lowest BCUT2D eigenvalue weighted by atomic mass is 10.1. The van der Waals surface area contributed by atoms with Gasteiger partial charge in [-0.15, -0.1) is 0 Å². The first-order chi connectivity index (χ1) is 7.35. The molecule has 0 heterocycles. The summed E-state index contributed by atoms with van der Waals surface area (Å²) in [6.07, 6.45) is 9.84. The average molecular weight is 210 g/mol. The average Bonchev–Trinajstić information content (AvgIpc) is 2.97. The Bertz CT molecular complexity index is 189. The molecule has 2 nitrogen and oxygen atoms in total. The number of nitrogens with zero attached hydrogens (tertiary/aromatic N) is 1. The first-order valence-electron chi connectivity index (χ1n) is 6.78. The van der Waals surface area contributed by atoms with Gasteiger partial charge in [-0.3, -0.25) is 4.90 Å². The second-order valence-electron chi connectivity index (χ2n) is 5.28. The molecule has 2 heteroatoms. The molecule has 2 fully saturated rings. The summed E-state index contributed by atoms with van der Waals surface area (Å²) in [7, 11) is 2.11. The molecule has 2 rings (SSSR count). The van der Waals surface area contributed by atoms with Crippen molar-refractivity contribution in [3.05, 3.63) is 0 Å². The van der Waals surface area contributed by atoms with Crippen LogP contribution in [-0.4, -0.2) is 36.6 Å². The second-order valence-corrected chi connectivity index (χ2v) is 5.28. The molecular formula is C13H26N2. The van der Waals surface area contributed by atoms with Crippen molar-refractivity contribution in [2.45, 2.75) is 70.0 Å². The van der Waals surface area contributed by atoms with E-state index in [9.17, 15) is 0 Å². The summed E-state index contributed by atoms with van der Waals surface area (Å²) in [5.41, 5.74) is 0. The van der Waals surface area contributed by atoms with Crippen LogP contribution in [0.15, 0.2) is 0 Å². The van der Waals surface area contributed by atoms with E-state index >= 15 is 0 Å². The van der Waals surface area contributed by atoms with E-state index in [0.717, 1.165) is 18.1 Å². The SMILES string of the molecule is CCCCN(C1CC1)C1CCC(NC)C1. The molecule has 0 aromatic rings. The van der Waals surface area contributed by atoms with Gasteiger partial charge in [-0.05, 0) is 52.1 Å². The number of hydrogen-bond acceptors (Lipinski definition) is 2. The van der Waals surface area contributed by atoms with Crippen molar-refractivity contribution in [1.29, 1.82) is 0 Å². The van der Waals surface area contributed by atoms with Gasteiger partial charge < -0.3 is 5.32 Å². The minimum absolute atomic E-state index is 0.790. The Kier molecular flexibility index (Phi) is 4.04. The molecule has 2 aliphatic carbocycles. The maximum atomic E-state index is 3.44. The van der Waals surface area contributed by atoms with Crippen LogP contribution in [-0.2, 0) is 0 Å². The molecule has 2 saturated carbocycles. The van der Waals surface area contributed by atoms with Crippen LogP contribution in [0.3, 0.4) is 0 Å². The molecule has 2 atom stereocenters. The summed E-state index contributed by atoms with van der Waals surface area (Å²) in [4.78, 5) is 2.82. The quantitative estimate of drug-likeness (QED) is 0.724. The summed E-state index contributed by atoms with van der Waals surface area (Å²) >= 11 is 0. The molecule has 2 aliphatic rings. The fraction of sp³-hybridized carbons (Fsp3) is 1.00. The van der Waals surface area contributed by atoms with Gasteiger partial charge >= 0.3 is 0 Å². The van der Waals surface area contributed by atoms with Crippen LogP contribution in [0.25, 0.3) is 0 Å². The van der Waals surface area contributed by atoms with Gasteiger partial charge in [0.05, 0.1) is 0 Å². The van der Waals surface area contributed by atoms with Crippen LogP contribution in [0.5, 0.6) is 0 Å². The van der Waals surface area contributed by atoms with E-state index in [1.54, 1.807) is 0 Å². The third-order valence-corrected chi connectivity index (χ3v) is 4.07. The van der Waals surface area contributed by atoms with Crippen LogP contribution >= 0.6 is 0 Å². The third-order valence-electron chi connectivity index (χ3n) is 4.07. The zero-order valence-electron chi connectivity index (χ0n) is 10.3. The van der Waals surface area contributed by atoms with Crippen LogP contribution in [0.1, 0.15) is 51.9 Å². The number of hydrogen-bond donors (Lipinski definition) is 1. The molecule has 0 amide bonds. The topological polar surface area (TPSA) is 15.3 Å². The highest BCUT2D eigenvalue weighted by atomic mass is 15.2. The van der Waals surface area contributed by atoms with E-state index in [1.165, 1.54) is 51.5 Å². The molecule has 0 bridgehead atoms. The second kappa shape index (κ2) is 5.31. The number of unbranched alkanes of at least 4 members (excludes halogenated alkanes) is 1. The standard InChI is InChI=1S/C13H26N2/c1-3-4-9-15(12-7-8-12)13-6-5-11(10-13)14-2/h11-14H,3-10H2,1-2H3. The molecule has 0 aromatic carbocycles. The van der Waals surface area contributed by atoms with Gasteiger partial charge in [0.2, 0.25) is 0 Å². The fourth-order valence-corrected chi connectivity index (χ4v) is 2.93. The van der Waals surface area contributed by atoms with Crippen molar-refractivity contribution < 1.29 is 0 Å². The summed E-state index contributed by atoms with van der Waals surface area (Å²) < 4.78 is 0. The highest BCUT2D eigenvalue weighted by molar-refractivity contribution is 4.93. The summed E-state index contributed by atoms with van der Waals surface area (Å²) in [5.74, 6) is 0. The van der Waals surface area contributed by atoms with Crippen molar-refractivity contribution in [3.63, 3.8) is 0 Å². The van der Waals surface area contributed by atoms with Gasteiger partial charge in [-0.2, -0.15) is 0 Å². The molecule has 0 spiro atoms. The molecule has 0 saturated heterocycles. The molecule has 15 heavy (non-hydrogen) atoms. The van der Waals surface area contributed by atoms with E-state index in [4.69, 9.17) is 0 Å². The smallest absolute Gasteiger partial charge is 0.0114 e. The van der Waals surface area contributed by atoms with Gasteiger partial charge in [0.15, 0.2) is 0 Å². The summed E-state index contributed by atoms with van der Waals surface area (Å²) in [6.45, 7) is 3.65. The van der Waals surface area contributed by atoms with Gasteiger partial charge in [0, 0.05) is 18.1 Å². The van der Waals surface area contributed by atoms with Crippen molar-refractivity contribution in [2.24, 2.45) is 0 Å². The Labute approximate surface area is 94.4 Å². The summed E-state index contributed by atoms with van der Waals surface area (Å²) in [6, 6.07) is 2.64. The van der Waals surface area contributed by atoms with Crippen LogP contribution in [0, 0.1) is 0 Å². The predicted octanol–water partition coefficient (Wildman–Crippen LogP) is 2.39. The minimum atomic E-state index is 0.790. The monoisotopic (exact) mass is 210 g/mol. The molecule has 2 unspecified atom stereocenters. The maximum Gasteiger partial charge on any atom is 0.0114 e. The van der Waals surface area contributed by atoms with Gasteiger partial charge in [0.25, 0.3) is 0 Å². The predicted molar refractivity (Wildman–Crippen MR) is 65.1 cm³/mol. The van der Waals surface area contributed by atoms with E-state index in [1.807, 2.05) is 0 Å². The van der Waals surface area contributed by atoms with Crippen LogP contribution in [0.4, 0.5) is 0 Å². The number of nitrogens with one attached hydrogen (secondary N) is 1. The maximum absolute atomic E-state index is 3.44. The Morgan fingerprint density at radius 2 is 1.87 bits per heavy atom. The van der Waals surface area contributed by atoms with Gasteiger partial charge in [-0.1, -0.05) is 13.3 Å². The highest BCUT2D eigenvalue weighted by Gasteiger charge is 2.36. The Hall–Kier alpha value is -0.0800. The molecule has 1 N–H and O–H groups in total. The molecule has 0 aromatic heterocycles. The van der Waals surface area contributed by atoms with Crippen molar-refractivity contribution >= 4 is 0 Å². The van der Waals surface area contributed by atoms with E-state index in [-0.39, 0.29) is 0 Å². The third kappa shape index (κ3) is 2.94. The fourth-order valence-electron chi connectivity index (χ4n) is 2.93. The zero-order chi connectivity index (χ0) is 10.7. The van der Waals surface area contributed by atoms with E-state index in [0.29, 0.717) is 0 Å². The van der Waals surface area contributed by atoms with Gasteiger partial charge in [-0.25, -0.2) is 0 Å². The minimum Gasteiger partial charge on any atom is -0.317 e. The molecule has 88 valence electrons. The number of rotatable bonds is 6. The van der Waals surface area contributed by atoms with E-state index < -0.39 is 0 Å². The Morgan fingerprint density at radius 1 is 1.13 bits per heavy atom. The van der Waals surface area contributed by atoms with Crippen molar-refractivity contribution in [3.8, 4) is 0 Å². The first kappa shape index (κ1) is 11.4. The lowest BCUT2D eigenvalue weighted by Crippen LogP contribution is -2.37. The molecular weight excluding hydrogens is 184 g/mol. The van der Waals surface area contributed by atoms with Crippen molar-refractivity contribution in [1.82, 2.24) is 10.2 Å². The first-order valence-corrected chi connectivity index (χ1v) is 6.78. The summed E-state index contributed by atoms with van der Waals surface area (Å²) in [5, 5.41) is 3.44. The van der Waals surface area contributed by atoms with E-state index in [2.05, 4.69) is 24.2 Å². The lowest BCUT2D eigenvalue weighted by Gasteiger charge is -2.29. The normalized spacial score (nSPS) is 31.4. The Morgan fingerprint density at radius 3 is 2.40 bits per heavy atom. The largest absolute Gasteiger partial charge is 0.317 e. The van der Waals surface area contributed by atoms with Crippen molar-refractivity contribution in [2.75, 3.05) is 13.6 Å². The van der Waals surface area contributed by atoms with Gasteiger partial charge in [0.1, 0.15) is 0 Å². The van der Waals surface area contributed by atoms with Crippen LogP contribution < -0.4 is 5.32 Å². The lowest BCUT2D eigenvalue weighted by molar-refractivity contribution is 0.183. The molecule has 0 radical (unpaired) electrons. The highest BCUT2D eigenvalue weighted by Crippen LogP contribution is 2.34. The van der Waals surface area contributed by atoms with Crippen LogP contribution in [0.2, 0.25) is 0 Å². The zero-order valence-corrected chi connectivity index (χ0v) is 10.3. The Balaban J connectivity index is 1.82. The molecule has 0 aliphatic heterocycles.